The lowest BCUT2D eigenvalue weighted by atomic mass is 10.1. The summed E-state index contributed by atoms with van der Waals surface area (Å²) in [4.78, 5) is 15.7. The van der Waals surface area contributed by atoms with E-state index < -0.39 is 44.3 Å². The van der Waals surface area contributed by atoms with E-state index in [1.807, 2.05) is 0 Å². The lowest BCUT2D eigenvalue weighted by Gasteiger charge is -2.38. The molecular formula is C27H42N4O5S2Si. The van der Waals surface area contributed by atoms with Crippen LogP contribution in [0.3, 0.4) is 0 Å². The Bertz CT molecular complexity index is 1430. The molecule has 9 nitrogen and oxygen atoms in total. The standard InChI is InChI=1S/C27H42N4O5S2Si/c1-26(2,3)30-37(33,34)22-11-9-10-20(18-22)28-25(32)23-13-12-21(29-38(35,36)27(4,5)6)19-24(23)31-14-16-39(7,8)17-15-31/h9-13,18-19,29-30H,14-17H2,1-8H3,(H,28,32). The Hall–Kier alpha value is -2.41. The van der Waals surface area contributed by atoms with Crippen LogP contribution in [-0.2, 0) is 20.0 Å². The molecule has 0 radical (unpaired) electrons. The first-order valence-corrected chi connectivity index (χ1v) is 19.4. The Morgan fingerprint density at radius 2 is 1.49 bits per heavy atom. The van der Waals surface area contributed by atoms with Crippen LogP contribution >= 0.6 is 0 Å². The van der Waals surface area contributed by atoms with Crippen molar-refractivity contribution in [2.24, 2.45) is 0 Å². The third-order valence-electron chi connectivity index (χ3n) is 6.60. The maximum absolute atomic E-state index is 13.5. The molecule has 1 amide bonds. The van der Waals surface area contributed by atoms with E-state index in [0.29, 0.717) is 22.6 Å². The number of hydrogen-bond donors (Lipinski definition) is 3. The van der Waals surface area contributed by atoms with E-state index in [4.69, 9.17) is 0 Å². The first-order chi connectivity index (χ1) is 17.7. The molecule has 12 heteroatoms. The maximum atomic E-state index is 13.5. The summed E-state index contributed by atoms with van der Waals surface area (Å²) in [6, 6.07) is 13.1. The molecule has 39 heavy (non-hydrogen) atoms. The molecule has 2 aromatic carbocycles. The summed E-state index contributed by atoms with van der Waals surface area (Å²) in [5, 5.41) is 2.83. The lowest BCUT2D eigenvalue weighted by Crippen LogP contribution is -2.43. The van der Waals surface area contributed by atoms with Crippen LogP contribution in [0.1, 0.15) is 51.9 Å². The maximum Gasteiger partial charge on any atom is 0.257 e. The van der Waals surface area contributed by atoms with Crippen LogP contribution in [0.15, 0.2) is 47.4 Å². The minimum absolute atomic E-state index is 0.0469. The Kier molecular flexibility index (Phi) is 8.67. The summed E-state index contributed by atoms with van der Waals surface area (Å²) in [7, 11) is -8.74. The van der Waals surface area contributed by atoms with Crippen LogP contribution in [0.4, 0.5) is 17.1 Å². The third-order valence-corrected chi connectivity index (χ3v) is 13.6. The van der Waals surface area contributed by atoms with Crippen molar-refractivity contribution in [3.8, 4) is 0 Å². The molecule has 1 fully saturated rings. The number of nitrogens with one attached hydrogen (secondary N) is 3. The highest BCUT2D eigenvalue weighted by atomic mass is 32.2. The van der Waals surface area contributed by atoms with Gasteiger partial charge in [0.1, 0.15) is 0 Å². The number of hydrogen-bond acceptors (Lipinski definition) is 6. The molecule has 3 N–H and O–H groups in total. The Labute approximate surface area is 234 Å². The van der Waals surface area contributed by atoms with Gasteiger partial charge >= 0.3 is 0 Å². The van der Waals surface area contributed by atoms with Gasteiger partial charge in [-0.1, -0.05) is 19.2 Å². The summed E-state index contributed by atoms with van der Waals surface area (Å²) in [5.74, 6) is -0.407. The van der Waals surface area contributed by atoms with Crippen molar-refractivity contribution >= 4 is 51.1 Å². The van der Waals surface area contributed by atoms with E-state index in [9.17, 15) is 21.6 Å². The number of amides is 1. The average molecular weight is 595 g/mol. The first kappa shape index (κ1) is 31.1. The Morgan fingerprint density at radius 3 is 2.05 bits per heavy atom. The first-order valence-electron chi connectivity index (χ1n) is 13.1. The molecule has 1 aliphatic rings. The second-order valence-corrected chi connectivity index (χ2v) is 22.4. The number of carbonyl (C=O) groups is 1. The van der Waals surface area contributed by atoms with Gasteiger partial charge in [-0.3, -0.25) is 9.52 Å². The van der Waals surface area contributed by atoms with E-state index in [2.05, 4.69) is 32.8 Å². The molecule has 0 aliphatic carbocycles. The molecular weight excluding hydrogens is 553 g/mol. The van der Waals surface area contributed by atoms with Crippen LogP contribution in [0.25, 0.3) is 0 Å². The monoisotopic (exact) mass is 594 g/mol. The molecule has 0 spiro atoms. The van der Waals surface area contributed by atoms with Crippen molar-refractivity contribution in [1.29, 1.82) is 0 Å². The van der Waals surface area contributed by atoms with Crippen LogP contribution in [-0.4, -0.2) is 54.2 Å². The number of sulfonamides is 2. The topological polar surface area (TPSA) is 125 Å². The molecule has 0 saturated carbocycles. The number of rotatable bonds is 7. The molecule has 0 bridgehead atoms. The summed E-state index contributed by atoms with van der Waals surface area (Å²) in [6.45, 7) is 16.4. The molecule has 1 aliphatic heterocycles. The SMILES string of the molecule is CC(C)(C)NS(=O)(=O)c1cccc(NC(=O)c2ccc(NS(=O)(=O)C(C)(C)C)cc2N2CC[Si](C)(C)CC2)c1. The van der Waals surface area contributed by atoms with Gasteiger partial charge in [-0.2, -0.15) is 0 Å². The molecule has 1 heterocycles. The normalized spacial score (nSPS) is 16.6. The molecule has 0 aromatic heterocycles. The second-order valence-electron chi connectivity index (χ2n) is 12.9. The van der Waals surface area contributed by atoms with Gasteiger partial charge in [-0.05, 0) is 90.0 Å². The fraction of sp³-hybridized carbons (Fsp3) is 0.519. The van der Waals surface area contributed by atoms with Crippen molar-refractivity contribution in [3.63, 3.8) is 0 Å². The predicted octanol–water partition coefficient (Wildman–Crippen LogP) is 5.08. The number of nitrogens with zero attached hydrogens (tertiary/aromatic N) is 1. The zero-order valence-electron chi connectivity index (χ0n) is 24.2. The van der Waals surface area contributed by atoms with E-state index >= 15 is 0 Å². The van der Waals surface area contributed by atoms with Crippen molar-refractivity contribution in [2.45, 2.75) is 81.9 Å². The van der Waals surface area contributed by atoms with E-state index in [0.717, 1.165) is 25.2 Å². The number of carbonyl (C=O) groups excluding carboxylic acids is 1. The largest absolute Gasteiger partial charge is 0.371 e. The number of anilines is 3. The van der Waals surface area contributed by atoms with Crippen LogP contribution in [0.5, 0.6) is 0 Å². The average Bonchev–Trinajstić information content (AvgIpc) is 2.76. The van der Waals surface area contributed by atoms with Crippen molar-refractivity contribution in [1.82, 2.24) is 4.72 Å². The fourth-order valence-electron chi connectivity index (χ4n) is 4.11. The smallest absolute Gasteiger partial charge is 0.257 e. The molecule has 0 atom stereocenters. The summed E-state index contributed by atoms with van der Waals surface area (Å²) >= 11 is 0. The second kappa shape index (κ2) is 10.9. The van der Waals surface area contributed by atoms with Crippen LogP contribution in [0.2, 0.25) is 25.2 Å². The van der Waals surface area contributed by atoms with E-state index in [1.165, 1.54) is 12.1 Å². The highest BCUT2D eigenvalue weighted by molar-refractivity contribution is 7.94. The van der Waals surface area contributed by atoms with Crippen LogP contribution in [0, 0.1) is 0 Å². The highest BCUT2D eigenvalue weighted by Crippen LogP contribution is 2.32. The zero-order valence-corrected chi connectivity index (χ0v) is 26.8. The van der Waals surface area contributed by atoms with Crippen molar-refractivity contribution in [2.75, 3.05) is 28.0 Å². The van der Waals surface area contributed by atoms with Gasteiger partial charge in [-0.15, -0.1) is 0 Å². The Balaban J connectivity index is 1.95. The molecule has 0 unspecified atom stereocenters. The number of benzene rings is 2. The van der Waals surface area contributed by atoms with Gasteiger partial charge in [0, 0.05) is 24.3 Å². The minimum atomic E-state index is -3.78. The van der Waals surface area contributed by atoms with Crippen molar-refractivity contribution in [3.05, 3.63) is 48.0 Å². The predicted molar refractivity (Wildman–Crippen MR) is 163 cm³/mol. The zero-order chi connectivity index (χ0) is 29.4. The van der Waals surface area contributed by atoms with Gasteiger partial charge in [0.15, 0.2) is 0 Å². The van der Waals surface area contributed by atoms with Gasteiger partial charge in [0.05, 0.1) is 34.7 Å². The summed E-state index contributed by atoms with van der Waals surface area (Å²) in [5.41, 5.74) is 1.10. The Morgan fingerprint density at radius 1 is 0.872 bits per heavy atom. The lowest BCUT2D eigenvalue weighted by molar-refractivity contribution is 0.102. The molecule has 216 valence electrons. The summed E-state index contributed by atoms with van der Waals surface area (Å²) in [6.07, 6.45) is 0. The summed E-state index contributed by atoms with van der Waals surface area (Å²) < 4.78 is 55.5. The fourth-order valence-corrected chi connectivity index (χ4v) is 8.32. The van der Waals surface area contributed by atoms with Gasteiger partial charge in [0.25, 0.3) is 5.91 Å². The van der Waals surface area contributed by atoms with Crippen molar-refractivity contribution < 1.29 is 21.6 Å². The minimum Gasteiger partial charge on any atom is -0.371 e. The molecule has 3 rings (SSSR count). The van der Waals surface area contributed by atoms with E-state index in [1.54, 1.807) is 71.9 Å². The van der Waals surface area contributed by atoms with E-state index in [-0.39, 0.29) is 4.90 Å². The quantitative estimate of drug-likeness (QED) is 0.384. The molecule has 1 saturated heterocycles. The van der Waals surface area contributed by atoms with Gasteiger partial charge < -0.3 is 10.2 Å². The van der Waals surface area contributed by atoms with Gasteiger partial charge in [0.2, 0.25) is 20.0 Å². The highest BCUT2D eigenvalue weighted by Gasteiger charge is 2.31. The molecule has 2 aromatic rings. The van der Waals surface area contributed by atoms with Crippen LogP contribution < -0.4 is 19.7 Å². The van der Waals surface area contributed by atoms with Gasteiger partial charge in [-0.25, -0.2) is 21.6 Å². The third kappa shape index (κ3) is 8.06.